The maximum absolute atomic E-state index is 14.6. The lowest BCUT2D eigenvalue weighted by atomic mass is 9.63. The van der Waals surface area contributed by atoms with Crippen molar-refractivity contribution >= 4 is 11.8 Å². The Morgan fingerprint density at radius 1 is 1.07 bits per heavy atom. The third-order valence-corrected chi connectivity index (χ3v) is 7.45. The molecule has 0 radical (unpaired) electrons. The molecule has 3 atom stereocenters. The number of nitrogens with two attached hydrogens (primary N) is 1. The molecule has 0 saturated heterocycles. The fraction of sp³-hybridized carbons (Fsp3) is 0.438. The number of nitrogens with one attached hydrogen (secondary N) is 1. The minimum Gasteiger partial charge on any atom is -0.497 e. The minimum absolute atomic E-state index is 0.0414. The SMILES string of the molecule is CCCN(CCC)C(=O)C1([C@H](Cc2cc(F)cc(F)c2)[C@@H](O)CNCc2ccccc2)C=C(OC)C=C(C(N)=O)C1. The molecule has 4 N–H and O–H groups in total. The maximum atomic E-state index is 14.6. The zero-order valence-electron chi connectivity index (χ0n) is 24.0. The van der Waals surface area contributed by atoms with Crippen LogP contribution in [-0.4, -0.2) is 54.7 Å². The molecular formula is C32H41F2N3O4. The second kappa shape index (κ2) is 14.9. The Bertz CT molecular complexity index is 1220. The molecule has 1 unspecified atom stereocenters. The first-order chi connectivity index (χ1) is 19.6. The number of halogens is 2. The highest BCUT2D eigenvalue weighted by Crippen LogP contribution is 2.46. The van der Waals surface area contributed by atoms with Gasteiger partial charge in [-0.05, 0) is 61.1 Å². The predicted molar refractivity (Wildman–Crippen MR) is 154 cm³/mol. The molecule has 2 amide bonds. The van der Waals surface area contributed by atoms with Crippen LogP contribution in [0.15, 0.2) is 72.0 Å². The normalized spacial score (nSPS) is 18.2. The number of aliphatic hydroxyl groups is 1. The van der Waals surface area contributed by atoms with Gasteiger partial charge in [-0.25, -0.2) is 8.78 Å². The van der Waals surface area contributed by atoms with Crippen LogP contribution < -0.4 is 11.1 Å². The molecule has 0 fully saturated rings. The number of rotatable bonds is 15. The van der Waals surface area contributed by atoms with Crippen LogP contribution in [0.25, 0.3) is 0 Å². The Morgan fingerprint density at radius 3 is 2.27 bits per heavy atom. The van der Waals surface area contributed by atoms with E-state index in [0.717, 1.165) is 11.6 Å². The van der Waals surface area contributed by atoms with Gasteiger partial charge in [-0.2, -0.15) is 0 Å². The molecule has 2 aromatic rings. The van der Waals surface area contributed by atoms with Crippen molar-refractivity contribution in [1.82, 2.24) is 10.2 Å². The Labute approximate surface area is 241 Å². The number of carbonyl (C=O) groups is 2. The van der Waals surface area contributed by atoms with Crippen LogP contribution in [0, 0.1) is 23.0 Å². The highest BCUT2D eigenvalue weighted by atomic mass is 19.1. The van der Waals surface area contributed by atoms with E-state index in [1.54, 1.807) is 11.0 Å². The number of primary amides is 1. The predicted octanol–water partition coefficient (Wildman–Crippen LogP) is 4.25. The van der Waals surface area contributed by atoms with E-state index < -0.39 is 35.0 Å². The summed E-state index contributed by atoms with van der Waals surface area (Å²) in [6.45, 7) is 5.39. The molecule has 1 aliphatic rings. The molecule has 7 nitrogen and oxygen atoms in total. The first-order valence-electron chi connectivity index (χ1n) is 14.1. The lowest BCUT2D eigenvalue weighted by Crippen LogP contribution is -2.54. The van der Waals surface area contributed by atoms with Crippen LogP contribution in [0.3, 0.4) is 0 Å². The fourth-order valence-corrected chi connectivity index (χ4v) is 5.59. The van der Waals surface area contributed by atoms with Crippen molar-refractivity contribution in [2.24, 2.45) is 17.1 Å². The molecule has 3 rings (SSSR count). The highest BCUT2D eigenvalue weighted by molar-refractivity contribution is 5.96. The van der Waals surface area contributed by atoms with E-state index in [4.69, 9.17) is 10.5 Å². The Balaban J connectivity index is 2.13. The summed E-state index contributed by atoms with van der Waals surface area (Å²) < 4.78 is 34.1. The van der Waals surface area contributed by atoms with E-state index in [1.165, 1.54) is 25.3 Å². The molecule has 1 aliphatic carbocycles. The summed E-state index contributed by atoms with van der Waals surface area (Å²) in [5.74, 6) is -3.18. The quantitative estimate of drug-likeness (QED) is 0.298. The Kier molecular flexibility index (Phi) is 11.6. The number of hydrogen-bond acceptors (Lipinski definition) is 5. The van der Waals surface area contributed by atoms with Gasteiger partial charge in [0.15, 0.2) is 0 Å². The van der Waals surface area contributed by atoms with Crippen molar-refractivity contribution < 1.29 is 28.2 Å². The number of allylic oxidation sites excluding steroid dienone is 1. The average Bonchev–Trinajstić information content (AvgIpc) is 2.95. The molecular weight excluding hydrogens is 528 g/mol. The molecule has 0 bridgehead atoms. The molecule has 9 heteroatoms. The van der Waals surface area contributed by atoms with Gasteiger partial charge in [0.2, 0.25) is 11.8 Å². The molecule has 222 valence electrons. The van der Waals surface area contributed by atoms with E-state index >= 15 is 0 Å². The molecule has 0 heterocycles. The van der Waals surface area contributed by atoms with Crippen molar-refractivity contribution in [2.75, 3.05) is 26.7 Å². The van der Waals surface area contributed by atoms with Gasteiger partial charge in [-0.3, -0.25) is 9.59 Å². The van der Waals surface area contributed by atoms with Crippen molar-refractivity contribution in [3.63, 3.8) is 0 Å². The summed E-state index contributed by atoms with van der Waals surface area (Å²) in [7, 11) is 1.42. The molecule has 0 saturated carbocycles. The van der Waals surface area contributed by atoms with Gasteiger partial charge in [0.25, 0.3) is 0 Å². The summed E-state index contributed by atoms with van der Waals surface area (Å²) >= 11 is 0. The second-order valence-corrected chi connectivity index (χ2v) is 10.6. The standard InChI is InChI=1S/C32H41F2N3O4/c1-4-11-37(12-5-2)31(40)32(18-24(30(35)39)16-27(19-32)41-3)28(15-23-13-25(33)17-26(34)14-23)29(38)21-36-20-22-9-7-6-8-10-22/h6-10,13-14,16-17,19,28-29,36,38H,4-5,11-12,15,18,20-21H2,1-3H3,(H2,35,39)/t28-,29+,32?/m1/s1. The smallest absolute Gasteiger partial charge is 0.244 e. The molecule has 41 heavy (non-hydrogen) atoms. The molecule has 2 aromatic carbocycles. The average molecular weight is 570 g/mol. The minimum atomic E-state index is -1.48. The summed E-state index contributed by atoms with van der Waals surface area (Å²) in [6.07, 6.45) is 3.25. The number of ether oxygens (including phenoxy) is 1. The van der Waals surface area contributed by atoms with Crippen LogP contribution in [0.2, 0.25) is 0 Å². The van der Waals surface area contributed by atoms with Gasteiger partial charge >= 0.3 is 0 Å². The van der Waals surface area contributed by atoms with E-state index in [9.17, 15) is 23.5 Å². The summed E-state index contributed by atoms with van der Waals surface area (Å²) in [6, 6.07) is 12.8. The van der Waals surface area contributed by atoms with Crippen molar-refractivity contribution in [1.29, 1.82) is 0 Å². The number of carbonyl (C=O) groups excluding carboxylic acids is 2. The summed E-state index contributed by atoms with van der Waals surface area (Å²) in [5.41, 5.74) is 5.70. The van der Waals surface area contributed by atoms with E-state index in [0.29, 0.717) is 32.5 Å². The topological polar surface area (TPSA) is 105 Å². The van der Waals surface area contributed by atoms with Gasteiger partial charge in [0.1, 0.15) is 17.4 Å². The lowest BCUT2D eigenvalue weighted by molar-refractivity contribution is -0.145. The van der Waals surface area contributed by atoms with Crippen LogP contribution >= 0.6 is 0 Å². The van der Waals surface area contributed by atoms with Crippen LogP contribution in [0.1, 0.15) is 44.2 Å². The van der Waals surface area contributed by atoms with Crippen molar-refractivity contribution in [2.45, 2.75) is 52.2 Å². The fourth-order valence-electron chi connectivity index (χ4n) is 5.59. The molecule has 0 aromatic heterocycles. The lowest BCUT2D eigenvalue weighted by Gasteiger charge is -2.44. The Hall–Kier alpha value is -3.56. The number of nitrogens with zero attached hydrogens (tertiary/aromatic N) is 1. The zero-order valence-corrected chi connectivity index (χ0v) is 24.0. The van der Waals surface area contributed by atoms with Crippen LogP contribution in [0.4, 0.5) is 8.78 Å². The summed E-state index contributed by atoms with van der Waals surface area (Å²) in [4.78, 5) is 28.8. The van der Waals surface area contributed by atoms with E-state index in [1.807, 2.05) is 44.2 Å². The third-order valence-electron chi connectivity index (χ3n) is 7.45. The molecule has 0 aliphatic heterocycles. The zero-order chi connectivity index (χ0) is 30.0. The first kappa shape index (κ1) is 32.0. The highest BCUT2D eigenvalue weighted by Gasteiger charge is 2.51. The number of hydrogen-bond donors (Lipinski definition) is 3. The van der Waals surface area contributed by atoms with Gasteiger partial charge in [-0.15, -0.1) is 0 Å². The largest absolute Gasteiger partial charge is 0.497 e. The van der Waals surface area contributed by atoms with Crippen molar-refractivity contribution in [3.05, 3.63) is 94.8 Å². The number of methoxy groups -OCH3 is 1. The van der Waals surface area contributed by atoms with E-state index in [2.05, 4.69) is 5.32 Å². The Morgan fingerprint density at radius 2 is 1.71 bits per heavy atom. The van der Waals surface area contributed by atoms with Gasteiger partial charge in [0.05, 0.1) is 18.6 Å². The maximum Gasteiger partial charge on any atom is 0.244 e. The monoisotopic (exact) mass is 569 g/mol. The van der Waals surface area contributed by atoms with Crippen LogP contribution in [-0.2, 0) is 27.3 Å². The summed E-state index contributed by atoms with van der Waals surface area (Å²) in [5, 5.41) is 15.0. The third kappa shape index (κ3) is 8.24. The molecule has 0 spiro atoms. The van der Waals surface area contributed by atoms with Crippen molar-refractivity contribution in [3.8, 4) is 0 Å². The van der Waals surface area contributed by atoms with Gasteiger partial charge in [-0.1, -0.05) is 44.2 Å². The second-order valence-electron chi connectivity index (χ2n) is 10.6. The van der Waals surface area contributed by atoms with Gasteiger partial charge < -0.3 is 25.8 Å². The number of aliphatic hydroxyl groups excluding tert-OH is 1. The van der Waals surface area contributed by atoms with E-state index in [-0.39, 0.29) is 42.2 Å². The van der Waals surface area contributed by atoms with Gasteiger partial charge in [0, 0.05) is 43.7 Å². The van der Waals surface area contributed by atoms with Crippen LogP contribution in [0.5, 0.6) is 0 Å². The number of amides is 2. The number of benzene rings is 2. The first-order valence-corrected chi connectivity index (χ1v) is 14.1.